The number of aromatic nitrogens is 2. The van der Waals surface area contributed by atoms with Crippen LogP contribution < -0.4 is 0 Å². The first kappa shape index (κ1) is 17.0. The number of hydrogen-bond donors (Lipinski definition) is 0. The van der Waals surface area contributed by atoms with Crippen LogP contribution in [0.5, 0.6) is 0 Å². The second kappa shape index (κ2) is 7.38. The summed E-state index contributed by atoms with van der Waals surface area (Å²) in [5.41, 5.74) is 1.78. The summed E-state index contributed by atoms with van der Waals surface area (Å²) in [4.78, 5) is 8.90. The highest BCUT2D eigenvalue weighted by molar-refractivity contribution is 7.89. The molecule has 2 heterocycles. The second-order valence-corrected chi connectivity index (χ2v) is 7.68. The third-order valence-corrected chi connectivity index (χ3v) is 6.19. The van der Waals surface area contributed by atoms with Gasteiger partial charge in [0, 0.05) is 25.0 Å². The zero-order chi connectivity index (χ0) is 17.0. The topological polar surface area (TPSA) is 72.4 Å². The lowest BCUT2D eigenvalue weighted by atomic mass is 10.1. The standard InChI is InChI=1S/C17H21N3O3S/c1-14-17(19-10-9-18-14)8-7-15-13-23-12-11-20(15)24(21,22)16-5-3-2-4-6-16/h2-6,9-10,15H,7-8,11-13H2,1H3. The van der Waals surface area contributed by atoms with Crippen molar-refractivity contribution in [1.29, 1.82) is 0 Å². The monoisotopic (exact) mass is 347 g/mol. The first-order chi connectivity index (χ1) is 11.6. The van der Waals surface area contributed by atoms with Gasteiger partial charge in [-0.15, -0.1) is 0 Å². The van der Waals surface area contributed by atoms with Crippen LogP contribution in [-0.4, -0.2) is 48.5 Å². The van der Waals surface area contributed by atoms with E-state index in [1.54, 1.807) is 41.0 Å². The lowest BCUT2D eigenvalue weighted by molar-refractivity contribution is 0.0297. The molecule has 7 heteroatoms. The molecule has 1 aliphatic heterocycles. The molecule has 0 saturated carbocycles. The summed E-state index contributed by atoms with van der Waals surface area (Å²) in [7, 11) is -3.51. The Kier molecular flexibility index (Phi) is 5.23. The fraction of sp³-hybridized carbons (Fsp3) is 0.412. The van der Waals surface area contributed by atoms with E-state index in [9.17, 15) is 8.42 Å². The third kappa shape index (κ3) is 3.63. The number of ether oxygens (including phenoxy) is 1. The van der Waals surface area contributed by atoms with Crippen molar-refractivity contribution in [2.45, 2.75) is 30.7 Å². The second-order valence-electron chi connectivity index (χ2n) is 5.78. The lowest BCUT2D eigenvalue weighted by Crippen LogP contribution is -2.48. The Labute approximate surface area is 142 Å². The highest BCUT2D eigenvalue weighted by Gasteiger charge is 2.33. The summed E-state index contributed by atoms with van der Waals surface area (Å²) in [6, 6.07) is 8.37. The maximum atomic E-state index is 12.9. The van der Waals surface area contributed by atoms with E-state index in [0.29, 0.717) is 37.5 Å². The van der Waals surface area contributed by atoms with E-state index >= 15 is 0 Å². The molecule has 1 aromatic carbocycles. The van der Waals surface area contributed by atoms with Gasteiger partial charge in [-0.2, -0.15) is 4.31 Å². The van der Waals surface area contributed by atoms with Crippen molar-refractivity contribution in [1.82, 2.24) is 14.3 Å². The summed E-state index contributed by atoms with van der Waals surface area (Å²) < 4.78 is 32.9. The van der Waals surface area contributed by atoms with Crippen molar-refractivity contribution in [3.63, 3.8) is 0 Å². The minimum absolute atomic E-state index is 0.189. The SMILES string of the molecule is Cc1nccnc1CCC1COCCN1S(=O)(=O)c1ccccc1. The van der Waals surface area contributed by atoms with Crippen LogP contribution in [0.4, 0.5) is 0 Å². The number of nitrogens with zero attached hydrogens (tertiary/aromatic N) is 3. The molecule has 1 unspecified atom stereocenters. The van der Waals surface area contributed by atoms with Crippen LogP contribution in [0.1, 0.15) is 17.8 Å². The molecule has 1 aromatic heterocycles. The molecule has 1 aliphatic rings. The van der Waals surface area contributed by atoms with Crippen molar-refractivity contribution >= 4 is 10.0 Å². The highest BCUT2D eigenvalue weighted by atomic mass is 32.2. The van der Waals surface area contributed by atoms with Gasteiger partial charge in [-0.25, -0.2) is 8.42 Å². The van der Waals surface area contributed by atoms with Gasteiger partial charge in [-0.1, -0.05) is 18.2 Å². The van der Waals surface area contributed by atoms with E-state index in [4.69, 9.17) is 4.74 Å². The molecule has 0 N–H and O–H groups in total. The molecule has 1 fully saturated rings. The van der Waals surface area contributed by atoms with Crippen LogP contribution >= 0.6 is 0 Å². The number of morpholine rings is 1. The van der Waals surface area contributed by atoms with Gasteiger partial charge in [0.2, 0.25) is 10.0 Å². The number of hydrogen-bond acceptors (Lipinski definition) is 5. The molecule has 0 radical (unpaired) electrons. The Bertz CT molecular complexity index is 781. The highest BCUT2D eigenvalue weighted by Crippen LogP contribution is 2.23. The fourth-order valence-electron chi connectivity index (χ4n) is 2.90. The number of sulfonamides is 1. The molecule has 24 heavy (non-hydrogen) atoms. The normalized spacial score (nSPS) is 19.3. The molecule has 0 bridgehead atoms. The summed E-state index contributed by atoms with van der Waals surface area (Å²) in [5, 5.41) is 0. The molecule has 0 amide bonds. The van der Waals surface area contributed by atoms with Gasteiger partial charge >= 0.3 is 0 Å². The van der Waals surface area contributed by atoms with Crippen LogP contribution in [-0.2, 0) is 21.2 Å². The van der Waals surface area contributed by atoms with Crippen LogP contribution in [0.15, 0.2) is 47.6 Å². The first-order valence-electron chi connectivity index (χ1n) is 8.00. The minimum Gasteiger partial charge on any atom is -0.378 e. The van der Waals surface area contributed by atoms with Gasteiger partial charge in [0.05, 0.1) is 29.5 Å². The van der Waals surface area contributed by atoms with E-state index in [-0.39, 0.29) is 6.04 Å². The molecule has 0 spiro atoms. The summed E-state index contributed by atoms with van der Waals surface area (Å²) in [6.07, 6.45) is 4.66. The molecule has 1 saturated heterocycles. The quantitative estimate of drug-likeness (QED) is 0.825. The zero-order valence-electron chi connectivity index (χ0n) is 13.6. The van der Waals surface area contributed by atoms with E-state index in [0.717, 1.165) is 11.4 Å². The lowest BCUT2D eigenvalue weighted by Gasteiger charge is -2.34. The van der Waals surface area contributed by atoms with E-state index in [1.807, 2.05) is 13.0 Å². The molecule has 1 atom stereocenters. The van der Waals surface area contributed by atoms with Crippen molar-refractivity contribution in [2.75, 3.05) is 19.8 Å². The molecule has 3 rings (SSSR count). The first-order valence-corrected chi connectivity index (χ1v) is 9.44. The van der Waals surface area contributed by atoms with Crippen molar-refractivity contribution < 1.29 is 13.2 Å². The van der Waals surface area contributed by atoms with Gasteiger partial charge in [0.15, 0.2) is 0 Å². The zero-order valence-corrected chi connectivity index (χ0v) is 14.4. The maximum Gasteiger partial charge on any atom is 0.243 e. The largest absolute Gasteiger partial charge is 0.378 e. The Hall–Kier alpha value is -1.83. The number of aryl methyl sites for hydroxylation is 2. The van der Waals surface area contributed by atoms with E-state index in [2.05, 4.69) is 9.97 Å². The molecule has 0 aliphatic carbocycles. The smallest absolute Gasteiger partial charge is 0.243 e. The van der Waals surface area contributed by atoms with E-state index in [1.165, 1.54) is 0 Å². The van der Waals surface area contributed by atoms with Crippen LogP contribution in [0, 0.1) is 6.92 Å². The third-order valence-electron chi connectivity index (χ3n) is 4.22. The Balaban J connectivity index is 1.78. The van der Waals surface area contributed by atoms with Crippen molar-refractivity contribution in [3.8, 4) is 0 Å². The molecule has 128 valence electrons. The maximum absolute atomic E-state index is 12.9. The minimum atomic E-state index is -3.51. The van der Waals surface area contributed by atoms with Crippen LogP contribution in [0.2, 0.25) is 0 Å². The van der Waals surface area contributed by atoms with Crippen LogP contribution in [0.25, 0.3) is 0 Å². The average Bonchev–Trinajstić information content (AvgIpc) is 2.62. The molecular weight excluding hydrogens is 326 g/mol. The Morgan fingerprint density at radius 2 is 1.96 bits per heavy atom. The van der Waals surface area contributed by atoms with Gasteiger partial charge in [-0.3, -0.25) is 9.97 Å². The molecular formula is C17H21N3O3S. The molecule has 2 aromatic rings. The summed E-state index contributed by atoms with van der Waals surface area (Å²) in [5.74, 6) is 0. The van der Waals surface area contributed by atoms with Crippen molar-refractivity contribution in [3.05, 3.63) is 54.1 Å². The van der Waals surface area contributed by atoms with Gasteiger partial charge in [-0.05, 0) is 31.9 Å². The predicted molar refractivity (Wildman–Crippen MR) is 90.0 cm³/mol. The van der Waals surface area contributed by atoms with Gasteiger partial charge < -0.3 is 4.74 Å². The molecule has 6 nitrogen and oxygen atoms in total. The average molecular weight is 347 g/mol. The van der Waals surface area contributed by atoms with Crippen molar-refractivity contribution in [2.24, 2.45) is 0 Å². The Morgan fingerprint density at radius 3 is 2.71 bits per heavy atom. The van der Waals surface area contributed by atoms with Gasteiger partial charge in [0.1, 0.15) is 0 Å². The van der Waals surface area contributed by atoms with E-state index < -0.39 is 10.0 Å². The summed E-state index contributed by atoms with van der Waals surface area (Å²) in [6.45, 7) is 3.12. The number of benzene rings is 1. The summed E-state index contributed by atoms with van der Waals surface area (Å²) >= 11 is 0. The Morgan fingerprint density at radius 1 is 1.21 bits per heavy atom. The van der Waals surface area contributed by atoms with Gasteiger partial charge in [0.25, 0.3) is 0 Å². The predicted octanol–water partition coefficient (Wildman–Crippen LogP) is 1.81. The fourth-order valence-corrected chi connectivity index (χ4v) is 4.54. The number of rotatable bonds is 5. The van der Waals surface area contributed by atoms with Crippen LogP contribution in [0.3, 0.4) is 0 Å².